The van der Waals surface area contributed by atoms with Crippen molar-refractivity contribution in [2.75, 3.05) is 37.3 Å². The zero-order valence-corrected chi connectivity index (χ0v) is 13.0. The summed E-state index contributed by atoms with van der Waals surface area (Å²) in [4.78, 5) is 28.2. The summed E-state index contributed by atoms with van der Waals surface area (Å²) < 4.78 is 0. The third-order valence-electron chi connectivity index (χ3n) is 3.64. The summed E-state index contributed by atoms with van der Waals surface area (Å²) >= 11 is 1.76. The number of Topliss-reactive ketones (excluding diaryl/α,β-unsaturated/α-hetero) is 1. The normalized spacial score (nSPS) is 14.3. The SMILES string of the molecule is CCN(CC)CCSc1ccc2c(c1)N(C)C(=O)C2=O. The van der Waals surface area contributed by atoms with Gasteiger partial charge in [-0.05, 0) is 31.3 Å². The van der Waals surface area contributed by atoms with Crippen molar-refractivity contribution in [3.05, 3.63) is 23.8 Å². The van der Waals surface area contributed by atoms with Crippen LogP contribution in [0.4, 0.5) is 5.69 Å². The molecule has 0 N–H and O–H groups in total. The van der Waals surface area contributed by atoms with Crippen LogP contribution in [0.15, 0.2) is 23.1 Å². The Labute approximate surface area is 124 Å². The highest BCUT2D eigenvalue weighted by molar-refractivity contribution is 7.99. The van der Waals surface area contributed by atoms with Gasteiger partial charge in [-0.25, -0.2) is 0 Å². The Bertz CT molecular complexity index is 527. The molecule has 0 aromatic heterocycles. The van der Waals surface area contributed by atoms with Crippen LogP contribution in [-0.2, 0) is 4.79 Å². The first kappa shape index (κ1) is 15.1. The summed E-state index contributed by atoms with van der Waals surface area (Å²) in [5.41, 5.74) is 1.25. The lowest BCUT2D eigenvalue weighted by molar-refractivity contribution is -0.114. The van der Waals surface area contributed by atoms with Gasteiger partial charge in [-0.3, -0.25) is 9.59 Å². The van der Waals surface area contributed by atoms with Gasteiger partial charge in [0.1, 0.15) is 0 Å². The third kappa shape index (κ3) is 2.88. The Hall–Kier alpha value is -1.33. The highest BCUT2D eigenvalue weighted by atomic mass is 32.2. The molecule has 1 amide bonds. The molecule has 1 aliphatic rings. The molecule has 1 heterocycles. The number of hydrogen-bond donors (Lipinski definition) is 0. The van der Waals surface area contributed by atoms with Crippen molar-refractivity contribution in [2.24, 2.45) is 0 Å². The summed E-state index contributed by atoms with van der Waals surface area (Å²) in [7, 11) is 1.65. The lowest BCUT2D eigenvalue weighted by Gasteiger charge is -2.17. The molecule has 0 unspecified atom stereocenters. The van der Waals surface area contributed by atoms with Crippen LogP contribution in [-0.4, -0.2) is 49.0 Å². The van der Waals surface area contributed by atoms with Crippen molar-refractivity contribution in [3.8, 4) is 0 Å². The van der Waals surface area contributed by atoms with Crippen LogP contribution in [0.5, 0.6) is 0 Å². The van der Waals surface area contributed by atoms with Crippen molar-refractivity contribution in [1.82, 2.24) is 4.90 Å². The molecular formula is C15H20N2O2S. The van der Waals surface area contributed by atoms with E-state index in [1.165, 1.54) is 4.90 Å². The minimum Gasteiger partial charge on any atom is -0.308 e. The number of carbonyl (C=O) groups is 2. The maximum absolute atomic E-state index is 11.7. The molecule has 1 aliphatic heterocycles. The Morgan fingerprint density at radius 3 is 2.55 bits per heavy atom. The van der Waals surface area contributed by atoms with E-state index in [1.807, 2.05) is 12.1 Å². The Kier molecular flexibility index (Phi) is 4.83. The molecule has 0 aliphatic carbocycles. The fourth-order valence-electron chi connectivity index (χ4n) is 2.28. The smallest absolute Gasteiger partial charge is 0.299 e. The number of fused-ring (bicyclic) bond motifs is 1. The van der Waals surface area contributed by atoms with Crippen LogP contribution in [0.25, 0.3) is 0 Å². The number of thioether (sulfide) groups is 1. The minimum atomic E-state index is -0.440. The van der Waals surface area contributed by atoms with Crippen LogP contribution in [0.1, 0.15) is 24.2 Å². The standard InChI is InChI=1S/C15H20N2O2S/c1-4-17(5-2)8-9-20-11-6-7-12-13(10-11)16(3)15(19)14(12)18/h6-7,10H,4-5,8-9H2,1-3H3. The molecule has 1 aromatic carbocycles. The third-order valence-corrected chi connectivity index (χ3v) is 4.62. The Morgan fingerprint density at radius 1 is 1.20 bits per heavy atom. The topological polar surface area (TPSA) is 40.6 Å². The first-order valence-corrected chi connectivity index (χ1v) is 7.88. The molecule has 0 saturated heterocycles. The summed E-state index contributed by atoms with van der Waals surface area (Å²) in [6, 6.07) is 5.62. The first-order valence-electron chi connectivity index (χ1n) is 6.90. The largest absolute Gasteiger partial charge is 0.308 e. The molecule has 0 fully saturated rings. The minimum absolute atomic E-state index is 0.401. The monoisotopic (exact) mass is 292 g/mol. The molecule has 2 rings (SSSR count). The van der Waals surface area contributed by atoms with E-state index >= 15 is 0 Å². The fraction of sp³-hybridized carbons (Fsp3) is 0.467. The van der Waals surface area contributed by atoms with E-state index in [-0.39, 0.29) is 0 Å². The van der Waals surface area contributed by atoms with E-state index in [2.05, 4.69) is 18.7 Å². The summed E-state index contributed by atoms with van der Waals surface area (Å²) in [5.74, 6) is 0.166. The van der Waals surface area contributed by atoms with Crippen molar-refractivity contribution in [2.45, 2.75) is 18.7 Å². The van der Waals surface area contributed by atoms with Gasteiger partial charge in [-0.2, -0.15) is 0 Å². The second-order valence-corrected chi connectivity index (χ2v) is 5.92. The van der Waals surface area contributed by atoms with Crippen LogP contribution in [0.3, 0.4) is 0 Å². The molecule has 0 saturated carbocycles. The molecule has 1 aromatic rings. The highest BCUT2D eigenvalue weighted by Crippen LogP contribution is 2.32. The van der Waals surface area contributed by atoms with E-state index in [4.69, 9.17) is 0 Å². The molecular weight excluding hydrogens is 272 g/mol. The Balaban J connectivity index is 2.02. The maximum Gasteiger partial charge on any atom is 0.299 e. The van der Waals surface area contributed by atoms with Gasteiger partial charge in [0.25, 0.3) is 11.7 Å². The van der Waals surface area contributed by atoms with E-state index in [0.29, 0.717) is 5.56 Å². The second kappa shape index (κ2) is 6.41. The van der Waals surface area contributed by atoms with Gasteiger partial charge in [-0.15, -0.1) is 11.8 Å². The van der Waals surface area contributed by atoms with Crippen LogP contribution in [0.2, 0.25) is 0 Å². The van der Waals surface area contributed by atoms with Gasteiger partial charge in [-0.1, -0.05) is 13.8 Å². The van der Waals surface area contributed by atoms with Crippen molar-refractivity contribution < 1.29 is 9.59 Å². The van der Waals surface area contributed by atoms with Crippen molar-refractivity contribution in [3.63, 3.8) is 0 Å². The number of hydrogen-bond acceptors (Lipinski definition) is 4. The molecule has 0 bridgehead atoms. The number of amides is 1. The predicted molar refractivity (Wildman–Crippen MR) is 82.7 cm³/mol. The average molecular weight is 292 g/mol. The van der Waals surface area contributed by atoms with E-state index in [9.17, 15) is 9.59 Å². The predicted octanol–water partition coefficient (Wildman–Crippen LogP) is 2.28. The molecule has 20 heavy (non-hydrogen) atoms. The van der Waals surface area contributed by atoms with E-state index in [1.54, 1.807) is 24.9 Å². The van der Waals surface area contributed by atoms with Crippen molar-refractivity contribution >= 4 is 29.1 Å². The van der Waals surface area contributed by atoms with Crippen LogP contribution < -0.4 is 4.90 Å². The van der Waals surface area contributed by atoms with E-state index < -0.39 is 11.7 Å². The zero-order chi connectivity index (χ0) is 14.7. The van der Waals surface area contributed by atoms with Crippen LogP contribution >= 0.6 is 11.8 Å². The number of likely N-dealkylation sites (N-methyl/N-ethyl adjacent to an activating group) is 1. The molecule has 0 atom stereocenters. The lowest BCUT2D eigenvalue weighted by atomic mass is 10.1. The van der Waals surface area contributed by atoms with Gasteiger partial charge in [0.05, 0.1) is 11.3 Å². The van der Waals surface area contributed by atoms with Crippen LogP contribution in [0, 0.1) is 0 Å². The number of carbonyl (C=O) groups excluding carboxylic acids is 2. The molecule has 0 radical (unpaired) electrons. The molecule has 4 nitrogen and oxygen atoms in total. The Morgan fingerprint density at radius 2 is 1.90 bits per heavy atom. The number of rotatable bonds is 6. The second-order valence-electron chi connectivity index (χ2n) is 4.75. The number of benzene rings is 1. The average Bonchev–Trinajstić information content (AvgIpc) is 2.68. The van der Waals surface area contributed by atoms with Gasteiger partial charge in [0, 0.05) is 24.2 Å². The lowest BCUT2D eigenvalue weighted by Crippen LogP contribution is -2.25. The molecule has 108 valence electrons. The van der Waals surface area contributed by atoms with Gasteiger partial charge >= 0.3 is 0 Å². The first-order chi connectivity index (χ1) is 9.58. The number of nitrogens with zero attached hydrogens (tertiary/aromatic N) is 2. The van der Waals surface area contributed by atoms with Gasteiger partial charge in [0.15, 0.2) is 0 Å². The number of anilines is 1. The maximum atomic E-state index is 11.7. The van der Waals surface area contributed by atoms with Gasteiger partial charge in [0.2, 0.25) is 0 Å². The van der Waals surface area contributed by atoms with Crippen molar-refractivity contribution in [1.29, 1.82) is 0 Å². The zero-order valence-electron chi connectivity index (χ0n) is 12.2. The summed E-state index contributed by atoms with van der Waals surface area (Å²) in [6.07, 6.45) is 0. The van der Waals surface area contributed by atoms with E-state index in [0.717, 1.165) is 36.0 Å². The molecule has 0 spiro atoms. The molecule has 5 heteroatoms. The fourth-order valence-corrected chi connectivity index (χ4v) is 3.22. The summed E-state index contributed by atoms with van der Waals surface area (Å²) in [6.45, 7) is 7.49. The quantitative estimate of drug-likeness (QED) is 0.596. The highest BCUT2D eigenvalue weighted by Gasteiger charge is 2.33. The summed E-state index contributed by atoms with van der Waals surface area (Å²) in [5, 5.41) is 0. The number of ketones is 1. The van der Waals surface area contributed by atoms with Gasteiger partial charge < -0.3 is 9.80 Å².